The molecule has 17 heavy (non-hydrogen) atoms. The maximum absolute atomic E-state index is 9.98. The third kappa shape index (κ3) is 4.45. The monoisotopic (exact) mass is 277 g/mol. The van der Waals surface area contributed by atoms with Crippen molar-refractivity contribution in [2.45, 2.75) is 25.5 Å². The molecular formula is C12H17Cl2NO2. The van der Waals surface area contributed by atoms with Crippen LogP contribution in [0.5, 0.6) is 0 Å². The molecule has 5 heteroatoms. The van der Waals surface area contributed by atoms with Gasteiger partial charge in [0, 0.05) is 27.7 Å². The first-order chi connectivity index (χ1) is 7.85. The largest absolute Gasteiger partial charge is 0.394 e. The number of benzene rings is 1. The predicted octanol–water partition coefficient (Wildman–Crippen LogP) is 2.39. The molecule has 0 aliphatic heterocycles. The summed E-state index contributed by atoms with van der Waals surface area (Å²) in [5.41, 5.74) is 0.192. The lowest BCUT2D eigenvalue weighted by Crippen LogP contribution is -2.44. The normalized spacial score (nSPS) is 13.8. The van der Waals surface area contributed by atoms with Crippen molar-refractivity contribution in [1.82, 2.24) is 5.32 Å². The standard InChI is InChI=1S/C12H17Cl2NO2/c1-12(2,7-16)15-6-11(17)9-4-3-8(13)5-10(9)14/h3-5,11,15-17H,6-7H2,1-2H3. The van der Waals surface area contributed by atoms with E-state index in [1.807, 2.05) is 13.8 Å². The molecule has 1 aromatic rings. The number of aliphatic hydroxyl groups is 2. The van der Waals surface area contributed by atoms with E-state index in [4.69, 9.17) is 28.3 Å². The van der Waals surface area contributed by atoms with E-state index in [2.05, 4.69) is 5.32 Å². The van der Waals surface area contributed by atoms with Gasteiger partial charge in [0.25, 0.3) is 0 Å². The summed E-state index contributed by atoms with van der Waals surface area (Å²) in [7, 11) is 0. The lowest BCUT2D eigenvalue weighted by molar-refractivity contribution is 0.136. The van der Waals surface area contributed by atoms with Gasteiger partial charge in [-0.2, -0.15) is 0 Å². The Labute approximate surface area is 111 Å². The van der Waals surface area contributed by atoms with E-state index in [9.17, 15) is 5.11 Å². The molecule has 0 saturated carbocycles. The minimum Gasteiger partial charge on any atom is -0.394 e. The summed E-state index contributed by atoms with van der Waals surface area (Å²) in [6.07, 6.45) is -0.731. The Balaban J connectivity index is 2.67. The predicted molar refractivity (Wildman–Crippen MR) is 70.6 cm³/mol. The van der Waals surface area contributed by atoms with Gasteiger partial charge in [0.05, 0.1) is 12.7 Å². The van der Waals surface area contributed by atoms with Crippen molar-refractivity contribution in [3.05, 3.63) is 33.8 Å². The Morgan fingerprint density at radius 1 is 1.35 bits per heavy atom. The molecular weight excluding hydrogens is 261 g/mol. The van der Waals surface area contributed by atoms with Gasteiger partial charge in [-0.05, 0) is 26.0 Å². The quantitative estimate of drug-likeness (QED) is 0.775. The van der Waals surface area contributed by atoms with E-state index in [1.165, 1.54) is 0 Å². The molecule has 3 nitrogen and oxygen atoms in total. The molecule has 0 bridgehead atoms. The average Bonchev–Trinajstić information content (AvgIpc) is 2.26. The van der Waals surface area contributed by atoms with Gasteiger partial charge >= 0.3 is 0 Å². The van der Waals surface area contributed by atoms with Gasteiger partial charge in [-0.15, -0.1) is 0 Å². The van der Waals surface area contributed by atoms with E-state index >= 15 is 0 Å². The summed E-state index contributed by atoms with van der Waals surface area (Å²) in [5, 5.41) is 23.1. The molecule has 0 fully saturated rings. The summed E-state index contributed by atoms with van der Waals surface area (Å²) >= 11 is 11.8. The molecule has 1 aromatic carbocycles. The van der Waals surface area contributed by atoms with Crippen molar-refractivity contribution in [1.29, 1.82) is 0 Å². The van der Waals surface area contributed by atoms with E-state index in [1.54, 1.807) is 18.2 Å². The number of rotatable bonds is 5. The minimum atomic E-state index is -0.731. The first-order valence-electron chi connectivity index (χ1n) is 5.34. The maximum atomic E-state index is 9.98. The van der Waals surface area contributed by atoms with Crippen LogP contribution in [0.15, 0.2) is 18.2 Å². The van der Waals surface area contributed by atoms with Crippen molar-refractivity contribution < 1.29 is 10.2 Å². The molecule has 0 radical (unpaired) electrons. The second kappa shape index (κ2) is 6.03. The Morgan fingerprint density at radius 2 is 2.00 bits per heavy atom. The highest BCUT2D eigenvalue weighted by atomic mass is 35.5. The maximum Gasteiger partial charge on any atom is 0.0928 e. The Kier molecular flexibility index (Phi) is 5.22. The summed E-state index contributed by atoms with van der Waals surface area (Å²) in [5.74, 6) is 0. The fourth-order valence-electron chi connectivity index (χ4n) is 1.31. The molecule has 1 atom stereocenters. The van der Waals surface area contributed by atoms with Crippen molar-refractivity contribution in [2.24, 2.45) is 0 Å². The van der Waals surface area contributed by atoms with Gasteiger partial charge in [0.1, 0.15) is 0 Å². The summed E-state index contributed by atoms with van der Waals surface area (Å²) in [4.78, 5) is 0. The number of nitrogens with one attached hydrogen (secondary N) is 1. The summed E-state index contributed by atoms with van der Waals surface area (Å²) in [6.45, 7) is 4.01. The molecule has 0 spiro atoms. The molecule has 0 amide bonds. The SMILES string of the molecule is CC(C)(CO)NCC(O)c1ccc(Cl)cc1Cl. The van der Waals surface area contributed by atoms with Gasteiger partial charge in [-0.25, -0.2) is 0 Å². The van der Waals surface area contributed by atoms with E-state index < -0.39 is 11.6 Å². The van der Waals surface area contributed by atoms with Gasteiger partial charge in [-0.3, -0.25) is 0 Å². The topological polar surface area (TPSA) is 52.5 Å². The highest BCUT2D eigenvalue weighted by molar-refractivity contribution is 6.35. The Morgan fingerprint density at radius 3 is 2.53 bits per heavy atom. The molecule has 0 aliphatic carbocycles. The second-order valence-electron chi connectivity index (χ2n) is 4.60. The number of hydrogen-bond acceptors (Lipinski definition) is 3. The molecule has 0 aliphatic rings. The zero-order valence-electron chi connectivity index (χ0n) is 9.87. The van der Waals surface area contributed by atoms with Crippen LogP contribution in [0.2, 0.25) is 10.0 Å². The van der Waals surface area contributed by atoms with Crippen LogP contribution in [0.4, 0.5) is 0 Å². The minimum absolute atomic E-state index is 0.00588. The lowest BCUT2D eigenvalue weighted by atomic mass is 10.1. The van der Waals surface area contributed by atoms with Crippen molar-refractivity contribution >= 4 is 23.2 Å². The lowest BCUT2D eigenvalue weighted by Gasteiger charge is -2.25. The van der Waals surface area contributed by atoms with Crippen molar-refractivity contribution in [3.63, 3.8) is 0 Å². The second-order valence-corrected chi connectivity index (χ2v) is 5.45. The smallest absolute Gasteiger partial charge is 0.0928 e. The summed E-state index contributed by atoms with van der Waals surface area (Å²) < 4.78 is 0. The highest BCUT2D eigenvalue weighted by Crippen LogP contribution is 2.26. The molecule has 1 rings (SSSR count). The van der Waals surface area contributed by atoms with E-state index in [0.29, 0.717) is 22.2 Å². The zero-order valence-corrected chi connectivity index (χ0v) is 11.4. The van der Waals surface area contributed by atoms with Crippen LogP contribution in [0, 0.1) is 0 Å². The van der Waals surface area contributed by atoms with E-state index in [-0.39, 0.29) is 6.61 Å². The number of β-amino-alcohol motifs (C(OH)–C–C–N with tert-alkyl or cyclic N) is 1. The first-order valence-corrected chi connectivity index (χ1v) is 6.10. The molecule has 0 aromatic heterocycles. The van der Waals surface area contributed by atoms with Crippen LogP contribution < -0.4 is 5.32 Å². The van der Waals surface area contributed by atoms with E-state index in [0.717, 1.165) is 0 Å². The average molecular weight is 278 g/mol. The van der Waals surface area contributed by atoms with Gasteiger partial charge in [0.15, 0.2) is 0 Å². The molecule has 96 valence electrons. The van der Waals surface area contributed by atoms with Crippen molar-refractivity contribution in [3.8, 4) is 0 Å². The van der Waals surface area contributed by atoms with Crippen LogP contribution in [-0.2, 0) is 0 Å². The number of hydrogen-bond donors (Lipinski definition) is 3. The zero-order chi connectivity index (χ0) is 13.1. The Bertz CT molecular complexity index is 383. The van der Waals surface area contributed by atoms with Crippen LogP contribution >= 0.6 is 23.2 Å². The molecule has 0 saturated heterocycles. The molecule has 1 unspecified atom stereocenters. The molecule has 3 N–H and O–H groups in total. The highest BCUT2D eigenvalue weighted by Gasteiger charge is 2.19. The Hall–Kier alpha value is -0.320. The van der Waals surface area contributed by atoms with Crippen LogP contribution in [0.1, 0.15) is 25.5 Å². The van der Waals surface area contributed by atoms with Crippen molar-refractivity contribution in [2.75, 3.05) is 13.2 Å². The number of halogens is 2. The fourth-order valence-corrected chi connectivity index (χ4v) is 1.85. The first kappa shape index (κ1) is 14.7. The third-order valence-corrected chi connectivity index (χ3v) is 3.05. The van der Waals surface area contributed by atoms with Gasteiger partial charge in [0.2, 0.25) is 0 Å². The van der Waals surface area contributed by atoms with Crippen LogP contribution in [0.3, 0.4) is 0 Å². The van der Waals surface area contributed by atoms with Gasteiger partial charge in [-0.1, -0.05) is 29.3 Å². The molecule has 0 heterocycles. The fraction of sp³-hybridized carbons (Fsp3) is 0.500. The summed E-state index contributed by atoms with van der Waals surface area (Å²) in [6, 6.07) is 4.98. The van der Waals surface area contributed by atoms with Gasteiger partial charge < -0.3 is 15.5 Å². The third-order valence-electron chi connectivity index (χ3n) is 2.49. The van der Waals surface area contributed by atoms with Crippen LogP contribution in [-0.4, -0.2) is 28.9 Å². The van der Waals surface area contributed by atoms with Crippen LogP contribution in [0.25, 0.3) is 0 Å². The number of aliphatic hydroxyl groups excluding tert-OH is 2.